The molecule has 2 aromatic rings. The van der Waals surface area contributed by atoms with E-state index < -0.39 is 0 Å². The second-order valence-corrected chi connectivity index (χ2v) is 3.81. The molecule has 2 aromatic heterocycles. The Labute approximate surface area is 101 Å². The van der Waals surface area contributed by atoms with Crippen molar-refractivity contribution in [1.82, 2.24) is 15.0 Å². The average molecular weight is 228 g/mol. The summed E-state index contributed by atoms with van der Waals surface area (Å²) in [4.78, 5) is 12.8. The quantitative estimate of drug-likeness (QED) is 0.872. The van der Waals surface area contributed by atoms with Gasteiger partial charge in [0.05, 0.1) is 17.9 Å². The number of rotatable bonds is 4. The van der Waals surface area contributed by atoms with E-state index in [-0.39, 0.29) is 0 Å². The summed E-state index contributed by atoms with van der Waals surface area (Å²) in [5.41, 5.74) is 3.24. The summed E-state index contributed by atoms with van der Waals surface area (Å²) in [6.45, 7) is 4.76. The van der Waals surface area contributed by atoms with E-state index in [2.05, 4.69) is 33.3 Å². The molecule has 88 valence electrons. The summed E-state index contributed by atoms with van der Waals surface area (Å²) < 4.78 is 0. The summed E-state index contributed by atoms with van der Waals surface area (Å²) >= 11 is 0. The second-order valence-electron chi connectivity index (χ2n) is 3.81. The minimum Gasteiger partial charge on any atom is -0.363 e. The maximum atomic E-state index is 4.38. The van der Waals surface area contributed by atoms with E-state index in [1.54, 1.807) is 12.4 Å². The Bertz CT molecular complexity index is 496. The predicted molar refractivity (Wildman–Crippen MR) is 67.7 cm³/mol. The van der Waals surface area contributed by atoms with Gasteiger partial charge in [-0.2, -0.15) is 0 Å². The monoisotopic (exact) mass is 228 g/mol. The molecular formula is C13H16N4. The molecule has 0 unspecified atom stereocenters. The molecule has 0 aliphatic carbocycles. The van der Waals surface area contributed by atoms with Crippen LogP contribution in [0.3, 0.4) is 0 Å². The molecule has 2 heterocycles. The first-order chi connectivity index (χ1) is 8.31. The van der Waals surface area contributed by atoms with Crippen LogP contribution < -0.4 is 5.32 Å². The van der Waals surface area contributed by atoms with Gasteiger partial charge in [0.2, 0.25) is 0 Å². The number of aromatic nitrogens is 3. The van der Waals surface area contributed by atoms with Crippen molar-refractivity contribution >= 4 is 5.82 Å². The molecule has 4 heteroatoms. The largest absolute Gasteiger partial charge is 0.363 e. The van der Waals surface area contributed by atoms with Gasteiger partial charge in [0.15, 0.2) is 0 Å². The molecule has 4 nitrogen and oxygen atoms in total. The van der Waals surface area contributed by atoms with Crippen LogP contribution in [-0.4, -0.2) is 15.0 Å². The highest BCUT2D eigenvalue weighted by atomic mass is 15.0. The molecule has 17 heavy (non-hydrogen) atoms. The van der Waals surface area contributed by atoms with Crippen LogP contribution in [-0.2, 0) is 13.0 Å². The van der Waals surface area contributed by atoms with Crippen molar-refractivity contribution in [3.8, 4) is 0 Å². The van der Waals surface area contributed by atoms with Crippen LogP contribution in [0.4, 0.5) is 5.82 Å². The van der Waals surface area contributed by atoms with Crippen molar-refractivity contribution in [3.05, 3.63) is 47.7 Å². The third-order valence-corrected chi connectivity index (χ3v) is 2.67. The van der Waals surface area contributed by atoms with Crippen LogP contribution in [0.2, 0.25) is 0 Å². The first-order valence-electron chi connectivity index (χ1n) is 5.75. The Balaban J connectivity index is 2.10. The molecule has 0 atom stereocenters. The SMILES string of the molecule is CCc1cccnc1CNc1nccnc1C. The van der Waals surface area contributed by atoms with Crippen LogP contribution in [0.5, 0.6) is 0 Å². The lowest BCUT2D eigenvalue weighted by molar-refractivity contribution is 0.955. The number of aryl methyl sites for hydroxylation is 2. The number of hydrogen-bond donors (Lipinski definition) is 1. The molecule has 2 rings (SSSR count). The summed E-state index contributed by atoms with van der Waals surface area (Å²) in [5, 5.41) is 3.27. The molecule has 0 saturated heterocycles. The molecule has 0 aliphatic heterocycles. The van der Waals surface area contributed by atoms with E-state index in [4.69, 9.17) is 0 Å². The van der Waals surface area contributed by atoms with E-state index in [1.165, 1.54) is 5.56 Å². The molecule has 0 bridgehead atoms. The minimum atomic E-state index is 0.684. The van der Waals surface area contributed by atoms with Crippen molar-refractivity contribution in [1.29, 1.82) is 0 Å². The normalized spacial score (nSPS) is 10.2. The Hall–Kier alpha value is -1.97. The van der Waals surface area contributed by atoms with Gasteiger partial charge in [-0.15, -0.1) is 0 Å². The molecule has 0 fully saturated rings. The van der Waals surface area contributed by atoms with Gasteiger partial charge in [-0.3, -0.25) is 9.97 Å². The lowest BCUT2D eigenvalue weighted by Crippen LogP contribution is -2.07. The highest BCUT2D eigenvalue weighted by molar-refractivity contribution is 5.39. The van der Waals surface area contributed by atoms with Crippen LogP contribution in [0.15, 0.2) is 30.7 Å². The van der Waals surface area contributed by atoms with Gasteiger partial charge in [-0.1, -0.05) is 13.0 Å². The van der Waals surface area contributed by atoms with Crippen LogP contribution in [0.25, 0.3) is 0 Å². The smallest absolute Gasteiger partial charge is 0.147 e. The summed E-state index contributed by atoms with van der Waals surface area (Å²) in [6, 6.07) is 4.07. The van der Waals surface area contributed by atoms with Crippen molar-refractivity contribution in [2.75, 3.05) is 5.32 Å². The molecule has 1 N–H and O–H groups in total. The van der Waals surface area contributed by atoms with Crippen LogP contribution in [0.1, 0.15) is 23.9 Å². The van der Waals surface area contributed by atoms with E-state index >= 15 is 0 Å². The van der Waals surface area contributed by atoms with Crippen LogP contribution >= 0.6 is 0 Å². The molecule has 0 aliphatic rings. The third-order valence-electron chi connectivity index (χ3n) is 2.67. The number of anilines is 1. The first kappa shape index (κ1) is 11.5. The van der Waals surface area contributed by atoms with Gasteiger partial charge in [-0.25, -0.2) is 4.98 Å². The first-order valence-corrected chi connectivity index (χ1v) is 5.75. The summed E-state index contributed by atoms with van der Waals surface area (Å²) in [6.07, 6.45) is 6.19. The zero-order chi connectivity index (χ0) is 12.1. The topological polar surface area (TPSA) is 50.7 Å². The van der Waals surface area contributed by atoms with Gasteiger partial charge in [0.25, 0.3) is 0 Å². The van der Waals surface area contributed by atoms with Crippen LogP contribution in [0, 0.1) is 6.92 Å². The van der Waals surface area contributed by atoms with Gasteiger partial charge < -0.3 is 5.32 Å². The van der Waals surface area contributed by atoms with E-state index in [0.717, 1.165) is 23.6 Å². The van der Waals surface area contributed by atoms with E-state index in [1.807, 2.05) is 19.2 Å². The van der Waals surface area contributed by atoms with Crippen molar-refractivity contribution in [2.24, 2.45) is 0 Å². The second kappa shape index (κ2) is 5.39. The number of nitrogens with one attached hydrogen (secondary N) is 1. The number of nitrogens with zero attached hydrogens (tertiary/aromatic N) is 3. The van der Waals surface area contributed by atoms with E-state index in [0.29, 0.717) is 6.54 Å². The van der Waals surface area contributed by atoms with Gasteiger partial charge >= 0.3 is 0 Å². The fraction of sp³-hybridized carbons (Fsp3) is 0.308. The Morgan fingerprint density at radius 1 is 1.12 bits per heavy atom. The standard InChI is InChI=1S/C13H16N4/c1-3-11-5-4-6-15-12(11)9-17-13-10(2)14-7-8-16-13/h4-8H,3,9H2,1-2H3,(H,16,17). The maximum absolute atomic E-state index is 4.38. The van der Waals surface area contributed by atoms with Gasteiger partial charge in [-0.05, 0) is 25.0 Å². The molecule has 0 saturated carbocycles. The van der Waals surface area contributed by atoms with Gasteiger partial charge in [0.1, 0.15) is 5.82 Å². The summed E-state index contributed by atoms with van der Waals surface area (Å²) in [5.74, 6) is 0.820. The molecule has 0 spiro atoms. The van der Waals surface area contributed by atoms with Gasteiger partial charge in [0, 0.05) is 18.6 Å². The average Bonchev–Trinajstić information content (AvgIpc) is 2.38. The molecule has 0 radical (unpaired) electrons. The molecular weight excluding hydrogens is 212 g/mol. The molecule has 0 amide bonds. The Morgan fingerprint density at radius 2 is 1.94 bits per heavy atom. The fourth-order valence-electron chi connectivity index (χ4n) is 1.70. The molecule has 0 aromatic carbocycles. The zero-order valence-corrected chi connectivity index (χ0v) is 10.1. The highest BCUT2D eigenvalue weighted by Crippen LogP contribution is 2.11. The lowest BCUT2D eigenvalue weighted by Gasteiger charge is -2.09. The maximum Gasteiger partial charge on any atom is 0.147 e. The predicted octanol–water partition coefficient (Wildman–Crippen LogP) is 2.35. The van der Waals surface area contributed by atoms with Crippen molar-refractivity contribution in [3.63, 3.8) is 0 Å². The number of pyridine rings is 1. The Morgan fingerprint density at radius 3 is 2.71 bits per heavy atom. The zero-order valence-electron chi connectivity index (χ0n) is 10.1. The lowest BCUT2D eigenvalue weighted by atomic mass is 10.1. The fourth-order valence-corrected chi connectivity index (χ4v) is 1.70. The number of hydrogen-bond acceptors (Lipinski definition) is 4. The van der Waals surface area contributed by atoms with E-state index in [9.17, 15) is 0 Å². The van der Waals surface area contributed by atoms with Crippen molar-refractivity contribution in [2.45, 2.75) is 26.8 Å². The Kier molecular flexibility index (Phi) is 3.65. The highest BCUT2D eigenvalue weighted by Gasteiger charge is 2.03. The third kappa shape index (κ3) is 2.78. The van der Waals surface area contributed by atoms with Crippen molar-refractivity contribution < 1.29 is 0 Å². The summed E-state index contributed by atoms with van der Waals surface area (Å²) in [7, 11) is 0. The minimum absolute atomic E-state index is 0.684.